The van der Waals surface area contributed by atoms with Crippen molar-refractivity contribution in [2.75, 3.05) is 25.4 Å². The fourth-order valence-corrected chi connectivity index (χ4v) is 4.09. The van der Waals surface area contributed by atoms with Crippen LogP contribution in [0, 0.1) is 5.92 Å². The van der Waals surface area contributed by atoms with Crippen LogP contribution in [0.5, 0.6) is 0 Å². The number of nitrogens with zero attached hydrogens (tertiary/aromatic N) is 3. The number of amides is 2. The maximum absolute atomic E-state index is 13.2. The zero-order valence-electron chi connectivity index (χ0n) is 15.8. The molecule has 0 aromatic carbocycles. The van der Waals surface area contributed by atoms with Gasteiger partial charge < -0.3 is 20.4 Å². The molecular formula is C20H25N5O3. The van der Waals surface area contributed by atoms with Crippen LogP contribution in [-0.2, 0) is 12.8 Å². The molecule has 1 atom stereocenters. The molecule has 1 aliphatic heterocycles. The van der Waals surface area contributed by atoms with E-state index in [1.165, 1.54) is 6.26 Å². The molecule has 1 saturated heterocycles. The third kappa shape index (κ3) is 3.85. The molecule has 4 rings (SSSR count). The van der Waals surface area contributed by atoms with Gasteiger partial charge >= 0.3 is 0 Å². The number of nitrogens with one attached hydrogen (secondary N) is 1. The van der Waals surface area contributed by atoms with E-state index >= 15 is 0 Å². The minimum atomic E-state index is -0.230. The van der Waals surface area contributed by atoms with Gasteiger partial charge in [-0.05, 0) is 56.6 Å². The average molecular weight is 383 g/mol. The van der Waals surface area contributed by atoms with E-state index in [1.807, 2.05) is 4.90 Å². The van der Waals surface area contributed by atoms with Gasteiger partial charge in [-0.3, -0.25) is 9.59 Å². The standard InChI is InChI=1S/C20H25N5O3/c21-20-23-15-7-2-1-6-14(15)17(24-20)19(27)25-9-3-5-13(12-25)11-22-18(26)16-8-4-10-28-16/h4,8,10,13H,1-3,5-7,9,11-12H2,(H,22,26)(H2,21,23,24)/t13-/m1/s1. The lowest BCUT2D eigenvalue weighted by atomic mass is 9.93. The maximum Gasteiger partial charge on any atom is 0.286 e. The van der Waals surface area contributed by atoms with E-state index in [4.69, 9.17) is 10.2 Å². The minimum Gasteiger partial charge on any atom is -0.459 e. The fourth-order valence-electron chi connectivity index (χ4n) is 4.09. The van der Waals surface area contributed by atoms with E-state index in [2.05, 4.69) is 15.3 Å². The predicted octanol–water partition coefficient (Wildman–Crippen LogP) is 1.81. The third-order valence-electron chi connectivity index (χ3n) is 5.51. The first-order chi connectivity index (χ1) is 13.6. The van der Waals surface area contributed by atoms with Gasteiger partial charge in [0.15, 0.2) is 5.76 Å². The van der Waals surface area contributed by atoms with Crippen LogP contribution in [0.1, 0.15) is 58.0 Å². The molecule has 0 unspecified atom stereocenters. The van der Waals surface area contributed by atoms with Crippen LogP contribution in [0.4, 0.5) is 5.95 Å². The first kappa shape index (κ1) is 18.5. The Balaban J connectivity index is 1.42. The molecule has 0 bridgehead atoms. The number of hydrogen-bond donors (Lipinski definition) is 2. The number of likely N-dealkylation sites (tertiary alicyclic amines) is 1. The fraction of sp³-hybridized carbons (Fsp3) is 0.500. The monoisotopic (exact) mass is 383 g/mol. The molecule has 148 valence electrons. The number of rotatable bonds is 4. The van der Waals surface area contributed by atoms with Gasteiger partial charge in [0, 0.05) is 30.9 Å². The van der Waals surface area contributed by atoms with E-state index in [-0.39, 0.29) is 23.7 Å². The summed E-state index contributed by atoms with van der Waals surface area (Å²) in [5.74, 6) is 0.363. The van der Waals surface area contributed by atoms with Crippen LogP contribution in [0.3, 0.4) is 0 Å². The van der Waals surface area contributed by atoms with Crippen molar-refractivity contribution in [1.82, 2.24) is 20.2 Å². The highest BCUT2D eigenvalue weighted by Crippen LogP contribution is 2.25. The predicted molar refractivity (Wildman–Crippen MR) is 103 cm³/mol. The number of carbonyl (C=O) groups is 2. The first-order valence-corrected chi connectivity index (χ1v) is 9.88. The molecule has 28 heavy (non-hydrogen) atoms. The number of furan rings is 1. The van der Waals surface area contributed by atoms with Crippen LogP contribution in [-0.4, -0.2) is 46.3 Å². The average Bonchev–Trinajstić information content (AvgIpc) is 3.26. The quantitative estimate of drug-likeness (QED) is 0.832. The second kappa shape index (κ2) is 8.00. The summed E-state index contributed by atoms with van der Waals surface area (Å²) in [6.07, 6.45) is 7.13. The van der Waals surface area contributed by atoms with Crippen molar-refractivity contribution in [3.05, 3.63) is 41.1 Å². The molecule has 2 aromatic heterocycles. The Morgan fingerprint density at radius 2 is 2.11 bits per heavy atom. The van der Waals surface area contributed by atoms with Crippen molar-refractivity contribution in [3.8, 4) is 0 Å². The van der Waals surface area contributed by atoms with Crippen molar-refractivity contribution >= 4 is 17.8 Å². The summed E-state index contributed by atoms with van der Waals surface area (Å²) in [5.41, 5.74) is 8.19. The zero-order chi connectivity index (χ0) is 19.5. The summed E-state index contributed by atoms with van der Waals surface area (Å²) in [7, 11) is 0. The SMILES string of the molecule is Nc1nc2c(c(C(=O)N3CCC[C@H](CNC(=O)c4ccco4)C3)n1)CCCC2. The Morgan fingerprint density at radius 1 is 1.25 bits per heavy atom. The van der Waals surface area contributed by atoms with Gasteiger partial charge in [0.25, 0.3) is 11.8 Å². The van der Waals surface area contributed by atoms with E-state index < -0.39 is 0 Å². The number of carbonyl (C=O) groups excluding carboxylic acids is 2. The summed E-state index contributed by atoms with van der Waals surface area (Å²) in [6.45, 7) is 1.80. The number of fused-ring (bicyclic) bond motifs is 1. The van der Waals surface area contributed by atoms with Gasteiger partial charge in [-0.2, -0.15) is 0 Å². The Bertz CT molecular complexity index is 865. The van der Waals surface area contributed by atoms with Gasteiger partial charge in [0.1, 0.15) is 5.69 Å². The lowest BCUT2D eigenvalue weighted by Gasteiger charge is -2.33. The van der Waals surface area contributed by atoms with Gasteiger partial charge in [-0.1, -0.05) is 0 Å². The molecule has 1 aliphatic carbocycles. The highest BCUT2D eigenvalue weighted by Gasteiger charge is 2.29. The molecule has 2 aliphatic rings. The highest BCUT2D eigenvalue weighted by atomic mass is 16.3. The van der Waals surface area contributed by atoms with Crippen molar-refractivity contribution < 1.29 is 14.0 Å². The lowest BCUT2D eigenvalue weighted by Crippen LogP contribution is -2.44. The Kier molecular flexibility index (Phi) is 5.27. The minimum absolute atomic E-state index is 0.0747. The molecule has 8 nitrogen and oxygen atoms in total. The van der Waals surface area contributed by atoms with Gasteiger partial charge in [0.05, 0.1) is 6.26 Å². The number of nitrogen functional groups attached to an aromatic ring is 1. The molecule has 0 radical (unpaired) electrons. The summed E-state index contributed by atoms with van der Waals surface area (Å²) in [4.78, 5) is 35.7. The Morgan fingerprint density at radius 3 is 2.93 bits per heavy atom. The van der Waals surface area contributed by atoms with Crippen molar-refractivity contribution in [1.29, 1.82) is 0 Å². The van der Waals surface area contributed by atoms with Crippen LogP contribution >= 0.6 is 0 Å². The Hall–Kier alpha value is -2.90. The van der Waals surface area contributed by atoms with Crippen LogP contribution in [0.25, 0.3) is 0 Å². The lowest BCUT2D eigenvalue weighted by molar-refractivity contribution is 0.0662. The van der Waals surface area contributed by atoms with E-state index in [9.17, 15) is 9.59 Å². The van der Waals surface area contributed by atoms with Crippen molar-refractivity contribution in [3.63, 3.8) is 0 Å². The number of anilines is 1. The summed E-state index contributed by atoms with van der Waals surface area (Å²) in [6, 6.07) is 3.32. The molecule has 0 saturated carbocycles. The topological polar surface area (TPSA) is 114 Å². The molecule has 2 aromatic rings. The maximum atomic E-state index is 13.2. The summed E-state index contributed by atoms with van der Waals surface area (Å²) < 4.78 is 5.11. The van der Waals surface area contributed by atoms with Crippen LogP contribution in [0.15, 0.2) is 22.8 Å². The van der Waals surface area contributed by atoms with Crippen LogP contribution < -0.4 is 11.1 Å². The normalized spacial score (nSPS) is 19.1. The van der Waals surface area contributed by atoms with E-state index in [0.29, 0.717) is 31.1 Å². The Labute approximate surface area is 163 Å². The third-order valence-corrected chi connectivity index (χ3v) is 5.51. The largest absolute Gasteiger partial charge is 0.459 e. The van der Waals surface area contributed by atoms with E-state index in [0.717, 1.165) is 49.8 Å². The van der Waals surface area contributed by atoms with Crippen LogP contribution in [0.2, 0.25) is 0 Å². The molecule has 2 amide bonds. The molecule has 3 heterocycles. The number of aromatic nitrogens is 2. The number of nitrogens with two attached hydrogens (primary N) is 1. The van der Waals surface area contributed by atoms with E-state index in [1.54, 1.807) is 12.1 Å². The smallest absolute Gasteiger partial charge is 0.286 e. The second-order valence-corrected chi connectivity index (χ2v) is 7.51. The molecule has 1 fully saturated rings. The number of aryl methyl sites for hydroxylation is 1. The van der Waals surface area contributed by atoms with Crippen molar-refractivity contribution in [2.45, 2.75) is 38.5 Å². The van der Waals surface area contributed by atoms with Gasteiger partial charge in [0.2, 0.25) is 5.95 Å². The van der Waals surface area contributed by atoms with Gasteiger partial charge in [-0.25, -0.2) is 9.97 Å². The molecular weight excluding hydrogens is 358 g/mol. The summed E-state index contributed by atoms with van der Waals surface area (Å²) in [5, 5.41) is 2.90. The second-order valence-electron chi connectivity index (χ2n) is 7.51. The first-order valence-electron chi connectivity index (χ1n) is 9.88. The molecule has 8 heteroatoms. The highest BCUT2D eigenvalue weighted by molar-refractivity contribution is 5.94. The summed E-state index contributed by atoms with van der Waals surface area (Å²) >= 11 is 0. The molecule has 0 spiro atoms. The van der Waals surface area contributed by atoms with Gasteiger partial charge in [-0.15, -0.1) is 0 Å². The number of piperidine rings is 1. The number of hydrogen-bond acceptors (Lipinski definition) is 6. The van der Waals surface area contributed by atoms with Crippen molar-refractivity contribution in [2.24, 2.45) is 5.92 Å². The molecule has 3 N–H and O–H groups in total. The zero-order valence-corrected chi connectivity index (χ0v) is 15.8.